The van der Waals surface area contributed by atoms with Crippen LogP contribution in [0.1, 0.15) is 18.4 Å². The van der Waals surface area contributed by atoms with Crippen molar-refractivity contribution in [1.82, 2.24) is 4.31 Å². The molecule has 0 aromatic heterocycles. The van der Waals surface area contributed by atoms with Gasteiger partial charge in [0, 0.05) is 36.2 Å². The Kier molecular flexibility index (Phi) is 4.43. The molecular weight excluding hydrogens is 364 g/mol. The van der Waals surface area contributed by atoms with Crippen LogP contribution in [0.3, 0.4) is 0 Å². The summed E-state index contributed by atoms with van der Waals surface area (Å²) in [4.78, 5) is 4.35. The van der Waals surface area contributed by atoms with Crippen LogP contribution in [0, 0.1) is 11.8 Å². The van der Waals surface area contributed by atoms with Gasteiger partial charge in [0.05, 0.1) is 31.0 Å². The van der Waals surface area contributed by atoms with Crippen molar-refractivity contribution < 1.29 is 4.74 Å². The fraction of sp³-hybridized carbons (Fsp3) is 0.381. The molecule has 2 atom stereocenters. The quantitative estimate of drug-likeness (QED) is 0.564. The average molecular weight is 386 g/mol. The van der Waals surface area contributed by atoms with Gasteiger partial charge in [-0.2, -0.15) is 0 Å². The number of nitrogens with zero attached hydrogens (tertiary/aromatic N) is 2. The van der Waals surface area contributed by atoms with Crippen molar-refractivity contribution in [3.8, 4) is 0 Å². The molecule has 2 aliphatic carbocycles. The van der Waals surface area contributed by atoms with E-state index in [0.29, 0.717) is 12.0 Å². The van der Waals surface area contributed by atoms with Crippen LogP contribution >= 0.6 is 11.6 Å². The molecule has 4 aliphatic rings. The van der Waals surface area contributed by atoms with E-state index < -0.39 is 0 Å². The highest BCUT2D eigenvalue weighted by atomic mass is 35.5. The molecule has 1 aromatic rings. The minimum Gasteiger partial charge on any atom is -0.491 e. The van der Waals surface area contributed by atoms with Gasteiger partial charge in [-0.15, -0.1) is 4.31 Å². The molecule has 2 fully saturated rings. The van der Waals surface area contributed by atoms with Crippen molar-refractivity contribution in [3.05, 3.63) is 65.0 Å². The van der Waals surface area contributed by atoms with Gasteiger partial charge < -0.3 is 4.74 Å². The number of hydrogen-bond acceptors (Lipinski definition) is 3. The fourth-order valence-electron chi connectivity index (χ4n) is 3.60. The van der Waals surface area contributed by atoms with E-state index in [9.17, 15) is 0 Å². The zero-order valence-corrected chi connectivity index (χ0v) is 16.1. The molecule has 5 rings (SSSR count). The number of ether oxygens (including phenoxy) is 1. The van der Waals surface area contributed by atoms with Crippen molar-refractivity contribution in [1.29, 1.82) is 0 Å². The van der Waals surface area contributed by atoms with Crippen molar-refractivity contribution in [3.63, 3.8) is 0 Å². The lowest BCUT2D eigenvalue weighted by molar-refractivity contribution is 0.0165. The summed E-state index contributed by atoms with van der Waals surface area (Å²) >= 11 is 7.70. The molecule has 3 nitrogen and oxygen atoms in total. The number of benzene rings is 1. The predicted molar refractivity (Wildman–Crippen MR) is 110 cm³/mol. The molecule has 0 bridgehead atoms. The molecule has 0 radical (unpaired) electrons. The average Bonchev–Trinajstić information content (AvgIpc) is 3.44. The molecule has 2 aliphatic heterocycles. The maximum absolute atomic E-state index is 6.43. The summed E-state index contributed by atoms with van der Waals surface area (Å²) in [6.07, 6.45) is 13.6. The molecule has 0 amide bonds. The van der Waals surface area contributed by atoms with Crippen molar-refractivity contribution in [2.24, 2.45) is 16.8 Å². The van der Waals surface area contributed by atoms with E-state index in [0.717, 1.165) is 34.7 Å². The van der Waals surface area contributed by atoms with Crippen LogP contribution in [0.5, 0.6) is 0 Å². The summed E-state index contributed by atoms with van der Waals surface area (Å²) in [5, 5.41) is 1.68. The highest BCUT2D eigenvalue weighted by Crippen LogP contribution is 2.37. The molecule has 2 unspecified atom stereocenters. The van der Waals surface area contributed by atoms with E-state index in [2.05, 4.69) is 33.6 Å². The summed E-state index contributed by atoms with van der Waals surface area (Å²) in [6, 6.07) is 8.03. The number of aliphatic imine (C=N–C) groups is 1. The Labute approximate surface area is 163 Å². The third-order valence-corrected chi connectivity index (χ3v) is 6.95. The molecule has 134 valence electrons. The number of hydrogen-bond donors (Lipinski definition) is 0. The van der Waals surface area contributed by atoms with E-state index in [-0.39, 0.29) is 5.92 Å². The topological polar surface area (TPSA) is 24.8 Å². The second kappa shape index (κ2) is 6.91. The second-order valence-electron chi connectivity index (χ2n) is 7.38. The minimum atomic E-state index is 0.206. The number of allylic oxidation sites excluding steroid dienone is 5. The van der Waals surface area contributed by atoms with Gasteiger partial charge in [-0.3, -0.25) is 4.99 Å². The van der Waals surface area contributed by atoms with Gasteiger partial charge in [-0.25, -0.2) is 0 Å². The number of thiol groups is 1. The summed E-state index contributed by atoms with van der Waals surface area (Å²) < 4.78 is 8.92. The first-order valence-corrected chi connectivity index (χ1v) is 10.6. The Morgan fingerprint density at radius 1 is 1.23 bits per heavy atom. The smallest absolute Gasteiger partial charge is 0.135 e. The van der Waals surface area contributed by atoms with Gasteiger partial charge in [-0.1, -0.05) is 35.9 Å². The standard InChI is InChI=1S/C21H21ClN2OS/c22-17-3-1-2-14(9-17)16-8-15-6-7-23-11-20(15)21(10-16)25-18-12-24(13-18)26-19-4-5-19/h1-3,6-11,15,18-20H,4-5,12-13H2/p+1. The Morgan fingerprint density at radius 2 is 2.12 bits per heavy atom. The van der Waals surface area contributed by atoms with Crippen LogP contribution < -0.4 is 0 Å². The van der Waals surface area contributed by atoms with Crippen LogP contribution in [0.25, 0.3) is 5.57 Å². The number of fused-ring (bicyclic) bond motifs is 1. The van der Waals surface area contributed by atoms with E-state index >= 15 is 0 Å². The zero-order chi connectivity index (χ0) is 17.5. The first-order valence-electron chi connectivity index (χ1n) is 9.26. The maximum atomic E-state index is 6.43. The molecule has 5 heteroatoms. The number of rotatable bonds is 5. The van der Waals surface area contributed by atoms with Crippen LogP contribution in [0.4, 0.5) is 0 Å². The fourth-order valence-corrected chi connectivity index (χ4v) is 5.18. The van der Waals surface area contributed by atoms with Crippen molar-refractivity contribution >= 4 is 35.3 Å². The summed E-state index contributed by atoms with van der Waals surface area (Å²) in [5.74, 6) is 1.54. The first kappa shape index (κ1) is 16.7. The Morgan fingerprint density at radius 3 is 2.92 bits per heavy atom. The lowest BCUT2D eigenvalue weighted by atomic mass is 9.82. The molecule has 26 heavy (non-hydrogen) atoms. The SMILES string of the molecule is Clc1cccc(C2=CC3C=CN=CC3C(OC3CN([SH+]C4CC4)C3)=C2)c1. The maximum Gasteiger partial charge on any atom is 0.135 e. The van der Waals surface area contributed by atoms with Gasteiger partial charge >= 0.3 is 0 Å². The van der Waals surface area contributed by atoms with E-state index in [1.54, 1.807) is 0 Å². The predicted octanol–water partition coefficient (Wildman–Crippen LogP) is 4.04. The van der Waals surface area contributed by atoms with E-state index in [4.69, 9.17) is 16.3 Å². The van der Waals surface area contributed by atoms with Gasteiger partial charge in [0.1, 0.15) is 17.1 Å². The molecule has 0 N–H and O–H groups in total. The second-order valence-corrected chi connectivity index (χ2v) is 9.34. The highest BCUT2D eigenvalue weighted by Gasteiger charge is 2.42. The van der Waals surface area contributed by atoms with Gasteiger partial charge in [-0.05, 0) is 29.3 Å². The summed E-state index contributed by atoms with van der Waals surface area (Å²) in [5.41, 5.74) is 2.31. The van der Waals surface area contributed by atoms with Gasteiger partial charge in [0.2, 0.25) is 0 Å². The summed E-state index contributed by atoms with van der Waals surface area (Å²) in [7, 11) is 0. The first-order chi connectivity index (χ1) is 12.7. The molecule has 0 spiro atoms. The van der Waals surface area contributed by atoms with E-state index in [1.807, 2.05) is 30.6 Å². The van der Waals surface area contributed by atoms with E-state index in [1.165, 1.54) is 30.4 Å². The van der Waals surface area contributed by atoms with Crippen LogP contribution in [0.2, 0.25) is 5.02 Å². The lowest BCUT2D eigenvalue weighted by Gasteiger charge is -2.37. The Balaban J connectivity index is 1.34. The Bertz CT molecular complexity index is 821. The highest BCUT2D eigenvalue weighted by molar-refractivity contribution is 7.77. The summed E-state index contributed by atoms with van der Waals surface area (Å²) in [6.45, 7) is 2.08. The van der Waals surface area contributed by atoms with Crippen molar-refractivity contribution in [2.75, 3.05) is 13.1 Å². The lowest BCUT2D eigenvalue weighted by Crippen LogP contribution is -2.52. The molecule has 1 saturated heterocycles. The van der Waals surface area contributed by atoms with Crippen LogP contribution in [-0.2, 0) is 16.7 Å². The monoisotopic (exact) mass is 385 g/mol. The zero-order valence-electron chi connectivity index (χ0n) is 14.5. The molecular formula is C21H22ClN2OS+. The normalized spacial score (nSPS) is 28.2. The third-order valence-electron chi connectivity index (χ3n) is 5.22. The third kappa shape index (κ3) is 3.51. The van der Waals surface area contributed by atoms with Crippen LogP contribution in [0.15, 0.2) is 59.4 Å². The van der Waals surface area contributed by atoms with Gasteiger partial charge in [0.25, 0.3) is 0 Å². The largest absolute Gasteiger partial charge is 0.491 e. The molecule has 1 aromatic carbocycles. The molecule has 1 saturated carbocycles. The molecule has 2 heterocycles. The Hall–Kier alpha value is -1.49. The van der Waals surface area contributed by atoms with Crippen molar-refractivity contribution in [2.45, 2.75) is 24.2 Å². The minimum absolute atomic E-state index is 0.206. The number of halogens is 1. The van der Waals surface area contributed by atoms with Gasteiger partial charge in [0.15, 0.2) is 0 Å². The van der Waals surface area contributed by atoms with Crippen LogP contribution in [-0.4, -0.2) is 35.0 Å².